The maximum atomic E-state index is 10.6. The van der Waals surface area contributed by atoms with Crippen LogP contribution in [0, 0.1) is 16.0 Å². The van der Waals surface area contributed by atoms with Gasteiger partial charge in [0.15, 0.2) is 0 Å². The van der Waals surface area contributed by atoms with Crippen LogP contribution in [0.1, 0.15) is 20.3 Å². The van der Waals surface area contributed by atoms with Crippen molar-refractivity contribution in [1.82, 2.24) is 0 Å². The molecule has 0 aliphatic heterocycles. The van der Waals surface area contributed by atoms with Gasteiger partial charge in [-0.1, -0.05) is 27.0 Å². The van der Waals surface area contributed by atoms with Crippen LogP contribution >= 0.6 is 0 Å². The standard InChI is InChI=1S/C7H12O2.C2H3NO3/c1-4-9-7(8)5-6(2)3;1-2-6-3(4)5/h4,6H,1,5H2,2-3H3;2H,1H2. The van der Waals surface area contributed by atoms with Gasteiger partial charge in [0.2, 0.25) is 0 Å². The smallest absolute Gasteiger partial charge is 0.310 e. The van der Waals surface area contributed by atoms with Gasteiger partial charge in [-0.2, -0.15) is 0 Å². The SMILES string of the molecule is C=COC(=O)CC(C)C.C=CO[N+](=O)[O-]. The van der Waals surface area contributed by atoms with E-state index in [1.165, 1.54) is 0 Å². The Balaban J connectivity index is 0. The fourth-order valence-corrected chi connectivity index (χ4v) is 0.535. The highest BCUT2D eigenvalue weighted by molar-refractivity contribution is 5.70. The molecule has 0 unspecified atom stereocenters. The van der Waals surface area contributed by atoms with Crippen molar-refractivity contribution >= 4 is 5.97 Å². The molecule has 6 nitrogen and oxygen atoms in total. The quantitative estimate of drug-likeness (QED) is 0.305. The molecular formula is C9H15NO5. The van der Waals surface area contributed by atoms with Gasteiger partial charge in [0.25, 0.3) is 5.09 Å². The summed E-state index contributed by atoms with van der Waals surface area (Å²) in [5.74, 6) is 0.150. The second kappa shape index (κ2) is 10.2. The van der Waals surface area contributed by atoms with Crippen LogP contribution in [0.5, 0.6) is 0 Å². The van der Waals surface area contributed by atoms with E-state index in [2.05, 4.69) is 22.7 Å². The number of carbonyl (C=O) groups excluding carboxylic acids is 1. The van der Waals surface area contributed by atoms with Crippen LogP contribution in [0.2, 0.25) is 0 Å². The molecule has 0 aromatic heterocycles. The van der Waals surface area contributed by atoms with Crippen molar-refractivity contribution in [2.24, 2.45) is 5.92 Å². The summed E-state index contributed by atoms with van der Waals surface area (Å²) in [6.45, 7) is 10.1. The normalized spacial score (nSPS) is 8.20. The molecule has 0 amide bonds. The zero-order valence-corrected chi connectivity index (χ0v) is 8.84. The summed E-state index contributed by atoms with van der Waals surface area (Å²) < 4.78 is 4.48. The van der Waals surface area contributed by atoms with E-state index in [1.807, 2.05) is 13.8 Å². The largest absolute Gasteiger partial charge is 0.435 e. The summed E-state index contributed by atoms with van der Waals surface area (Å²) in [6, 6.07) is 0. The van der Waals surface area contributed by atoms with E-state index in [-0.39, 0.29) is 5.97 Å². The molecule has 0 aromatic carbocycles. The number of rotatable bonds is 5. The Morgan fingerprint density at radius 3 is 2.20 bits per heavy atom. The van der Waals surface area contributed by atoms with Gasteiger partial charge in [0.1, 0.15) is 0 Å². The van der Waals surface area contributed by atoms with Crippen LogP contribution in [0.15, 0.2) is 25.7 Å². The fraction of sp³-hybridized carbons (Fsp3) is 0.444. The first-order valence-electron chi connectivity index (χ1n) is 4.16. The molecule has 0 atom stereocenters. The molecule has 86 valence electrons. The molecule has 0 saturated carbocycles. The monoisotopic (exact) mass is 217 g/mol. The molecule has 0 radical (unpaired) electrons. The van der Waals surface area contributed by atoms with Crippen LogP contribution < -0.4 is 0 Å². The van der Waals surface area contributed by atoms with Crippen molar-refractivity contribution < 1.29 is 19.5 Å². The minimum Gasteiger partial charge on any atom is -0.435 e. The summed E-state index contributed by atoms with van der Waals surface area (Å²) in [5.41, 5.74) is 0. The van der Waals surface area contributed by atoms with Crippen LogP contribution in [-0.2, 0) is 14.4 Å². The number of nitrogens with zero attached hydrogens (tertiary/aromatic N) is 1. The molecule has 0 fully saturated rings. The molecule has 0 N–H and O–H groups in total. The molecule has 15 heavy (non-hydrogen) atoms. The fourth-order valence-electron chi connectivity index (χ4n) is 0.535. The molecule has 0 saturated heterocycles. The first-order valence-corrected chi connectivity index (χ1v) is 4.16. The zero-order valence-electron chi connectivity index (χ0n) is 8.84. The lowest BCUT2D eigenvalue weighted by atomic mass is 10.1. The highest BCUT2D eigenvalue weighted by Gasteiger charge is 2.02. The molecular weight excluding hydrogens is 202 g/mol. The highest BCUT2D eigenvalue weighted by atomic mass is 16.9. The van der Waals surface area contributed by atoms with Crippen LogP contribution in [0.4, 0.5) is 0 Å². The van der Waals surface area contributed by atoms with Gasteiger partial charge < -0.3 is 4.74 Å². The predicted molar refractivity (Wildman–Crippen MR) is 54.0 cm³/mol. The predicted octanol–water partition coefficient (Wildman–Crippen LogP) is 2.06. The van der Waals surface area contributed by atoms with E-state index in [9.17, 15) is 4.79 Å². The lowest BCUT2D eigenvalue weighted by Crippen LogP contribution is -2.03. The maximum Gasteiger partial charge on any atom is 0.310 e. The zero-order chi connectivity index (χ0) is 12.3. The molecule has 0 aliphatic carbocycles. The second-order valence-electron chi connectivity index (χ2n) is 2.75. The highest BCUT2D eigenvalue weighted by Crippen LogP contribution is 2.00. The molecule has 0 bridgehead atoms. The van der Waals surface area contributed by atoms with Gasteiger partial charge in [0.05, 0.1) is 12.5 Å². The van der Waals surface area contributed by atoms with Crippen molar-refractivity contribution in [3.8, 4) is 0 Å². The first kappa shape index (κ1) is 15.6. The average molecular weight is 217 g/mol. The number of hydrogen-bond donors (Lipinski definition) is 0. The van der Waals surface area contributed by atoms with Crippen molar-refractivity contribution in [2.45, 2.75) is 20.3 Å². The van der Waals surface area contributed by atoms with Gasteiger partial charge in [-0.05, 0) is 5.92 Å². The van der Waals surface area contributed by atoms with Gasteiger partial charge in [-0.25, -0.2) is 0 Å². The molecule has 6 heteroatoms. The van der Waals surface area contributed by atoms with E-state index in [4.69, 9.17) is 10.1 Å². The Hall–Kier alpha value is -1.85. The topological polar surface area (TPSA) is 78.7 Å². The Morgan fingerprint density at radius 2 is 2.00 bits per heavy atom. The van der Waals surface area contributed by atoms with Gasteiger partial charge in [-0.15, -0.1) is 10.1 Å². The van der Waals surface area contributed by atoms with Crippen molar-refractivity contribution in [3.63, 3.8) is 0 Å². The minimum atomic E-state index is -0.938. The molecule has 0 rings (SSSR count). The third-order valence-electron chi connectivity index (χ3n) is 0.950. The summed E-state index contributed by atoms with van der Waals surface area (Å²) >= 11 is 0. The third-order valence-corrected chi connectivity index (χ3v) is 0.950. The maximum absolute atomic E-state index is 10.6. The first-order chi connectivity index (χ1) is 6.93. The number of ether oxygens (including phenoxy) is 1. The molecule has 0 aromatic rings. The Kier molecular flexibility index (Phi) is 10.7. The molecule has 0 heterocycles. The molecule has 0 aliphatic rings. The van der Waals surface area contributed by atoms with E-state index < -0.39 is 5.09 Å². The van der Waals surface area contributed by atoms with Gasteiger partial charge >= 0.3 is 5.97 Å². The number of carbonyl (C=O) groups is 1. The summed E-state index contributed by atoms with van der Waals surface area (Å²) in [6.07, 6.45) is 2.37. The summed E-state index contributed by atoms with van der Waals surface area (Å²) in [7, 11) is 0. The Labute approximate surface area is 88.3 Å². The second-order valence-corrected chi connectivity index (χ2v) is 2.75. The van der Waals surface area contributed by atoms with Crippen molar-refractivity contribution in [3.05, 3.63) is 35.8 Å². The van der Waals surface area contributed by atoms with Crippen molar-refractivity contribution in [1.29, 1.82) is 0 Å². The minimum absolute atomic E-state index is 0.208. The third kappa shape index (κ3) is 18.8. The van der Waals surface area contributed by atoms with Crippen LogP contribution in [-0.4, -0.2) is 11.1 Å². The van der Waals surface area contributed by atoms with Crippen LogP contribution in [0.3, 0.4) is 0 Å². The van der Waals surface area contributed by atoms with E-state index in [1.54, 1.807) is 0 Å². The summed E-state index contributed by atoms with van der Waals surface area (Å²) in [4.78, 5) is 23.2. The van der Waals surface area contributed by atoms with E-state index in [0.29, 0.717) is 12.3 Å². The van der Waals surface area contributed by atoms with Gasteiger partial charge in [-0.3, -0.25) is 9.63 Å². The molecule has 0 spiro atoms. The lowest BCUT2D eigenvalue weighted by Gasteiger charge is -2.00. The Bertz CT molecular complexity index is 225. The van der Waals surface area contributed by atoms with E-state index in [0.717, 1.165) is 12.5 Å². The summed E-state index contributed by atoms with van der Waals surface area (Å²) in [5, 5.41) is 8.17. The lowest BCUT2D eigenvalue weighted by molar-refractivity contribution is -0.737. The van der Waals surface area contributed by atoms with Crippen LogP contribution in [0.25, 0.3) is 0 Å². The average Bonchev–Trinajstić information content (AvgIpc) is 2.03. The van der Waals surface area contributed by atoms with E-state index >= 15 is 0 Å². The number of hydrogen-bond acceptors (Lipinski definition) is 5. The van der Waals surface area contributed by atoms with Crippen molar-refractivity contribution in [2.75, 3.05) is 0 Å². The number of esters is 1. The van der Waals surface area contributed by atoms with Gasteiger partial charge in [0, 0.05) is 6.42 Å². The Morgan fingerprint density at radius 1 is 1.47 bits per heavy atom.